The van der Waals surface area contributed by atoms with Gasteiger partial charge in [0, 0.05) is 35.5 Å². The standard InChI is InChI=1S/C25H20N6O4/c1-31-23(16-6-3-2-5-14(16)11-26)19(12-28-31)15-9-17-20(13-27-25(33)34)29-30-24(32)22(17)18(10-15)21-7-4-8-35-21/h2-3,5-7,9-10,12,27H,4,8,13H2,1H3,(H,30,32)(H,33,34). The number of benzene rings is 2. The van der Waals surface area contributed by atoms with Crippen LogP contribution in [-0.4, -0.2) is 37.8 Å². The Kier molecular flexibility index (Phi) is 5.51. The van der Waals surface area contributed by atoms with E-state index in [-0.39, 0.29) is 6.54 Å². The van der Waals surface area contributed by atoms with Crippen LogP contribution in [0.2, 0.25) is 0 Å². The molecule has 2 aromatic heterocycles. The number of hydrogen-bond acceptors (Lipinski definition) is 6. The van der Waals surface area contributed by atoms with Crippen LogP contribution in [-0.2, 0) is 18.3 Å². The van der Waals surface area contributed by atoms with Crippen molar-refractivity contribution in [3.63, 3.8) is 0 Å². The topological polar surface area (TPSA) is 146 Å². The number of hydrogen-bond donors (Lipinski definition) is 3. The van der Waals surface area contributed by atoms with Crippen molar-refractivity contribution >= 4 is 22.6 Å². The van der Waals surface area contributed by atoms with Crippen molar-refractivity contribution in [2.24, 2.45) is 7.05 Å². The highest BCUT2D eigenvalue weighted by atomic mass is 16.5. The number of rotatable bonds is 5. The van der Waals surface area contributed by atoms with E-state index in [0.29, 0.717) is 46.4 Å². The van der Waals surface area contributed by atoms with E-state index in [4.69, 9.17) is 9.84 Å². The molecule has 0 bridgehead atoms. The number of ether oxygens (including phenoxy) is 1. The van der Waals surface area contributed by atoms with Crippen LogP contribution in [0.25, 0.3) is 38.9 Å². The van der Waals surface area contributed by atoms with E-state index >= 15 is 0 Å². The van der Waals surface area contributed by atoms with Gasteiger partial charge >= 0.3 is 6.09 Å². The molecule has 10 heteroatoms. The van der Waals surface area contributed by atoms with Gasteiger partial charge < -0.3 is 15.2 Å². The third-order valence-electron chi connectivity index (χ3n) is 5.90. The van der Waals surface area contributed by atoms with Gasteiger partial charge in [-0.2, -0.15) is 15.5 Å². The molecular formula is C25H20N6O4. The molecule has 0 atom stereocenters. The maximum atomic E-state index is 12.9. The van der Waals surface area contributed by atoms with Gasteiger partial charge in [0.25, 0.3) is 5.56 Å². The van der Waals surface area contributed by atoms with Crippen LogP contribution < -0.4 is 10.9 Å². The lowest BCUT2D eigenvalue weighted by Gasteiger charge is -2.14. The third-order valence-corrected chi connectivity index (χ3v) is 5.90. The number of aromatic nitrogens is 4. The molecule has 1 aliphatic heterocycles. The minimum Gasteiger partial charge on any atom is -0.493 e. The third kappa shape index (κ3) is 3.89. The Balaban J connectivity index is 1.81. The van der Waals surface area contributed by atoms with Gasteiger partial charge in [-0.05, 0) is 29.8 Å². The highest BCUT2D eigenvalue weighted by Crippen LogP contribution is 2.38. The van der Waals surface area contributed by atoms with Crippen LogP contribution in [0.3, 0.4) is 0 Å². The molecular weight excluding hydrogens is 448 g/mol. The van der Waals surface area contributed by atoms with E-state index in [2.05, 4.69) is 26.7 Å². The van der Waals surface area contributed by atoms with Crippen molar-refractivity contribution in [2.75, 3.05) is 6.61 Å². The molecule has 2 aromatic carbocycles. The highest BCUT2D eigenvalue weighted by Gasteiger charge is 2.22. The van der Waals surface area contributed by atoms with Crippen molar-refractivity contribution in [2.45, 2.75) is 13.0 Å². The second kappa shape index (κ2) is 8.79. The van der Waals surface area contributed by atoms with Crippen LogP contribution in [0.15, 0.2) is 53.5 Å². The average Bonchev–Trinajstić information content (AvgIpc) is 3.53. The fraction of sp³-hybridized carbons (Fsp3) is 0.160. The molecule has 174 valence electrons. The SMILES string of the molecule is Cn1ncc(-c2cc(C3=CCCO3)c3c(=O)[nH]nc(CNC(=O)O)c3c2)c1-c1ccccc1C#N. The van der Waals surface area contributed by atoms with E-state index in [1.165, 1.54) is 0 Å². The molecule has 0 unspecified atom stereocenters. The summed E-state index contributed by atoms with van der Waals surface area (Å²) in [5.41, 5.74) is 3.97. The first-order valence-corrected chi connectivity index (χ1v) is 10.8. The lowest BCUT2D eigenvalue weighted by atomic mass is 9.93. The quantitative estimate of drug-likeness (QED) is 0.407. The smallest absolute Gasteiger partial charge is 0.404 e. The van der Waals surface area contributed by atoms with Crippen LogP contribution in [0.4, 0.5) is 4.79 Å². The number of nitrogens with zero attached hydrogens (tertiary/aromatic N) is 4. The van der Waals surface area contributed by atoms with E-state index < -0.39 is 11.7 Å². The summed E-state index contributed by atoms with van der Waals surface area (Å²) < 4.78 is 7.50. The fourth-order valence-electron chi connectivity index (χ4n) is 4.35. The lowest BCUT2D eigenvalue weighted by molar-refractivity contribution is 0.194. The van der Waals surface area contributed by atoms with Gasteiger partial charge in [0.2, 0.25) is 0 Å². The summed E-state index contributed by atoms with van der Waals surface area (Å²) in [6.45, 7) is 0.410. The second-order valence-corrected chi connectivity index (χ2v) is 8.00. The predicted molar refractivity (Wildman–Crippen MR) is 128 cm³/mol. The molecule has 0 radical (unpaired) electrons. The Labute approximate surface area is 199 Å². The van der Waals surface area contributed by atoms with Gasteiger partial charge in [0.05, 0.1) is 47.8 Å². The number of H-pyrrole nitrogens is 1. The molecule has 35 heavy (non-hydrogen) atoms. The minimum absolute atomic E-state index is 0.0947. The summed E-state index contributed by atoms with van der Waals surface area (Å²) in [6, 6.07) is 13.1. The predicted octanol–water partition coefficient (Wildman–Crippen LogP) is 3.39. The van der Waals surface area contributed by atoms with Crippen LogP contribution in [0.1, 0.15) is 23.2 Å². The molecule has 10 nitrogen and oxygen atoms in total. The van der Waals surface area contributed by atoms with Crippen molar-refractivity contribution in [3.8, 4) is 28.5 Å². The number of aryl methyl sites for hydroxylation is 1. The summed E-state index contributed by atoms with van der Waals surface area (Å²) in [6.07, 6.45) is 3.13. The molecule has 1 amide bonds. The van der Waals surface area contributed by atoms with E-state index in [1.54, 1.807) is 36.1 Å². The lowest BCUT2D eigenvalue weighted by Crippen LogP contribution is -2.23. The molecule has 3 heterocycles. The summed E-state index contributed by atoms with van der Waals surface area (Å²) >= 11 is 0. The first-order chi connectivity index (χ1) is 17.0. The van der Waals surface area contributed by atoms with Crippen LogP contribution in [0, 0.1) is 11.3 Å². The maximum Gasteiger partial charge on any atom is 0.404 e. The Morgan fingerprint density at radius 3 is 2.86 bits per heavy atom. The molecule has 0 saturated heterocycles. The average molecular weight is 468 g/mol. The van der Waals surface area contributed by atoms with Crippen LogP contribution in [0.5, 0.6) is 0 Å². The fourth-order valence-corrected chi connectivity index (χ4v) is 4.35. The minimum atomic E-state index is -1.20. The zero-order valence-corrected chi connectivity index (χ0v) is 18.7. The van der Waals surface area contributed by atoms with Crippen LogP contribution >= 0.6 is 0 Å². The van der Waals surface area contributed by atoms with Gasteiger partial charge in [0.1, 0.15) is 5.76 Å². The highest BCUT2D eigenvalue weighted by molar-refractivity contribution is 5.98. The van der Waals surface area contributed by atoms with Crippen molar-refractivity contribution in [3.05, 3.63) is 75.8 Å². The number of fused-ring (bicyclic) bond motifs is 1. The molecule has 0 saturated carbocycles. The Hall–Kier alpha value is -4.91. The summed E-state index contributed by atoms with van der Waals surface area (Å²) in [7, 11) is 1.80. The number of nitrogens with one attached hydrogen (secondary N) is 2. The second-order valence-electron chi connectivity index (χ2n) is 8.00. The van der Waals surface area contributed by atoms with Crippen molar-refractivity contribution < 1.29 is 14.6 Å². The number of carboxylic acid groups (broad SMARTS) is 1. The molecule has 0 fully saturated rings. The van der Waals surface area contributed by atoms with E-state index in [9.17, 15) is 14.9 Å². The number of carbonyl (C=O) groups is 1. The Morgan fingerprint density at radius 2 is 2.11 bits per heavy atom. The van der Waals surface area contributed by atoms with Crippen molar-refractivity contribution in [1.82, 2.24) is 25.3 Å². The number of nitriles is 1. The van der Waals surface area contributed by atoms with Gasteiger partial charge in [-0.3, -0.25) is 9.48 Å². The van der Waals surface area contributed by atoms with Gasteiger partial charge in [-0.1, -0.05) is 18.2 Å². The zero-order valence-electron chi connectivity index (χ0n) is 18.7. The van der Waals surface area contributed by atoms with Gasteiger partial charge in [-0.25, -0.2) is 9.89 Å². The summed E-state index contributed by atoms with van der Waals surface area (Å²) in [4.78, 5) is 24.0. The molecule has 5 rings (SSSR count). The first-order valence-electron chi connectivity index (χ1n) is 10.8. The van der Waals surface area contributed by atoms with Crippen molar-refractivity contribution in [1.29, 1.82) is 5.26 Å². The van der Waals surface area contributed by atoms with E-state index in [0.717, 1.165) is 22.4 Å². The molecule has 3 N–H and O–H groups in total. The van der Waals surface area contributed by atoms with Gasteiger partial charge in [-0.15, -0.1) is 0 Å². The molecule has 4 aromatic rings. The summed E-state index contributed by atoms with van der Waals surface area (Å²) in [5.74, 6) is 0.577. The molecule has 0 spiro atoms. The normalized spacial score (nSPS) is 12.7. The number of aromatic amines is 1. The van der Waals surface area contributed by atoms with Gasteiger partial charge in [0.15, 0.2) is 0 Å². The monoisotopic (exact) mass is 468 g/mol. The Bertz CT molecular complexity index is 1610. The maximum absolute atomic E-state index is 12.9. The largest absolute Gasteiger partial charge is 0.493 e. The molecule has 1 aliphatic rings. The van der Waals surface area contributed by atoms with E-state index in [1.807, 2.05) is 24.3 Å². The Morgan fingerprint density at radius 1 is 1.29 bits per heavy atom. The molecule has 0 aliphatic carbocycles. The summed E-state index contributed by atoms with van der Waals surface area (Å²) in [5, 5.41) is 33.0. The number of amides is 1. The zero-order chi connectivity index (χ0) is 24.5. The first kappa shape index (κ1) is 21.9.